The predicted molar refractivity (Wildman–Crippen MR) is 71.3 cm³/mol. The lowest BCUT2D eigenvalue weighted by Crippen LogP contribution is -1.91. The summed E-state index contributed by atoms with van der Waals surface area (Å²) in [6, 6.07) is 7.14. The summed E-state index contributed by atoms with van der Waals surface area (Å²) in [4.78, 5) is 4.11. The maximum Gasteiger partial charge on any atom is 0.221 e. The molecule has 0 atom stereocenters. The minimum absolute atomic E-state index is 0.330. The van der Waals surface area contributed by atoms with Crippen LogP contribution in [0.1, 0.15) is 0 Å². The second kappa shape index (κ2) is 5.13. The first-order chi connectivity index (χ1) is 8.15. The number of pyridine rings is 1. The van der Waals surface area contributed by atoms with Crippen molar-refractivity contribution in [2.45, 2.75) is 0 Å². The van der Waals surface area contributed by atoms with Gasteiger partial charge in [0.15, 0.2) is 0 Å². The summed E-state index contributed by atoms with van der Waals surface area (Å²) in [5.74, 6) is 0.493. The Morgan fingerprint density at radius 2 is 1.76 bits per heavy atom. The minimum Gasteiger partial charge on any atom is -0.481 e. The summed E-state index contributed by atoms with van der Waals surface area (Å²) in [6.45, 7) is 0. The van der Waals surface area contributed by atoms with Gasteiger partial charge < -0.3 is 4.74 Å². The molecule has 1 aromatic heterocycles. The highest BCUT2D eigenvalue weighted by atomic mass is 35.5. The third kappa shape index (κ3) is 2.34. The Morgan fingerprint density at radius 3 is 2.47 bits per heavy atom. The molecule has 1 aromatic carbocycles. The molecule has 0 fully saturated rings. The number of rotatable bonds is 2. The molecule has 2 nitrogen and oxygen atoms in total. The van der Waals surface area contributed by atoms with Gasteiger partial charge in [0.25, 0.3) is 0 Å². The monoisotopic (exact) mass is 287 g/mol. The zero-order valence-corrected chi connectivity index (χ0v) is 11.1. The Morgan fingerprint density at radius 1 is 1.00 bits per heavy atom. The lowest BCUT2D eigenvalue weighted by molar-refractivity contribution is 0.399. The zero-order chi connectivity index (χ0) is 12.4. The van der Waals surface area contributed by atoms with Crippen LogP contribution >= 0.6 is 34.8 Å². The van der Waals surface area contributed by atoms with Crippen molar-refractivity contribution >= 4 is 34.8 Å². The SMILES string of the molecule is COc1ncccc1-c1ccc(Cl)c(Cl)c1Cl. The van der Waals surface area contributed by atoms with E-state index in [1.54, 1.807) is 31.5 Å². The van der Waals surface area contributed by atoms with Gasteiger partial charge in [0.05, 0.1) is 22.2 Å². The largest absolute Gasteiger partial charge is 0.481 e. The topological polar surface area (TPSA) is 22.1 Å². The zero-order valence-electron chi connectivity index (χ0n) is 8.88. The van der Waals surface area contributed by atoms with Crippen molar-refractivity contribution in [3.8, 4) is 17.0 Å². The van der Waals surface area contributed by atoms with Crippen LogP contribution in [0.25, 0.3) is 11.1 Å². The van der Waals surface area contributed by atoms with Gasteiger partial charge in [-0.25, -0.2) is 4.98 Å². The molecule has 0 radical (unpaired) electrons. The van der Waals surface area contributed by atoms with Crippen molar-refractivity contribution in [3.63, 3.8) is 0 Å². The molecule has 2 aromatic rings. The highest BCUT2D eigenvalue weighted by Crippen LogP contribution is 2.40. The molecule has 0 bridgehead atoms. The molecule has 0 saturated heterocycles. The summed E-state index contributed by atoms with van der Waals surface area (Å²) in [5, 5.41) is 1.14. The van der Waals surface area contributed by atoms with Crippen LogP contribution in [0.4, 0.5) is 0 Å². The van der Waals surface area contributed by atoms with Crippen LogP contribution in [0.2, 0.25) is 15.1 Å². The van der Waals surface area contributed by atoms with E-state index in [2.05, 4.69) is 4.98 Å². The number of hydrogen-bond donors (Lipinski definition) is 0. The second-order valence-corrected chi connectivity index (χ2v) is 4.45. The van der Waals surface area contributed by atoms with E-state index in [0.29, 0.717) is 20.9 Å². The molecule has 17 heavy (non-hydrogen) atoms. The molecule has 0 unspecified atom stereocenters. The van der Waals surface area contributed by atoms with Crippen molar-refractivity contribution in [1.82, 2.24) is 4.98 Å². The number of nitrogens with zero attached hydrogens (tertiary/aromatic N) is 1. The van der Waals surface area contributed by atoms with Gasteiger partial charge >= 0.3 is 0 Å². The van der Waals surface area contributed by atoms with Crippen molar-refractivity contribution in [2.75, 3.05) is 7.11 Å². The first-order valence-corrected chi connectivity index (χ1v) is 5.91. The van der Waals surface area contributed by atoms with Gasteiger partial charge in [0.2, 0.25) is 5.88 Å². The van der Waals surface area contributed by atoms with Crippen LogP contribution in [-0.2, 0) is 0 Å². The Labute approximate surface area is 114 Å². The number of ether oxygens (including phenoxy) is 1. The average Bonchev–Trinajstić information content (AvgIpc) is 2.36. The van der Waals surface area contributed by atoms with Gasteiger partial charge in [-0.1, -0.05) is 40.9 Å². The number of aromatic nitrogens is 1. The van der Waals surface area contributed by atoms with Gasteiger partial charge in [-0.3, -0.25) is 0 Å². The summed E-state index contributed by atoms with van der Waals surface area (Å²) in [7, 11) is 1.55. The average molecular weight is 289 g/mol. The lowest BCUT2D eigenvalue weighted by Gasteiger charge is -2.10. The van der Waals surface area contributed by atoms with Crippen molar-refractivity contribution in [2.24, 2.45) is 0 Å². The van der Waals surface area contributed by atoms with Crippen LogP contribution in [0.3, 0.4) is 0 Å². The van der Waals surface area contributed by atoms with E-state index in [9.17, 15) is 0 Å². The fraction of sp³-hybridized carbons (Fsp3) is 0.0833. The second-order valence-electron chi connectivity index (χ2n) is 3.28. The van der Waals surface area contributed by atoms with Gasteiger partial charge in [-0.15, -0.1) is 0 Å². The fourth-order valence-electron chi connectivity index (χ4n) is 1.49. The molecule has 5 heteroatoms. The van der Waals surface area contributed by atoms with Gasteiger partial charge in [0, 0.05) is 17.3 Å². The summed E-state index contributed by atoms with van der Waals surface area (Å²) >= 11 is 18.0. The molecule has 0 amide bonds. The van der Waals surface area contributed by atoms with Gasteiger partial charge in [0.1, 0.15) is 0 Å². The first-order valence-electron chi connectivity index (χ1n) is 4.78. The van der Waals surface area contributed by atoms with E-state index in [0.717, 1.165) is 11.1 Å². The molecule has 0 aliphatic heterocycles. The molecule has 0 aliphatic carbocycles. The molecular formula is C12H8Cl3NO. The number of benzene rings is 1. The molecule has 2 rings (SSSR count). The smallest absolute Gasteiger partial charge is 0.221 e. The van der Waals surface area contributed by atoms with Gasteiger partial charge in [-0.05, 0) is 18.2 Å². The third-order valence-electron chi connectivity index (χ3n) is 2.29. The van der Waals surface area contributed by atoms with E-state index in [4.69, 9.17) is 39.5 Å². The minimum atomic E-state index is 0.330. The maximum absolute atomic E-state index is 6.16. The third-order valence-corrected chi connectivity index (χ3v) is 3.58. The molecule has 0 aliphatic rings. The van der Waals surface area contributed by atoms with Crippen molar-refractivity contribution in [3.05, 3.63) is 45.5 Å². The van der Waals surface area contributed by atoms with Crippen molar-refractivity contribution in [1.29, 1.82) is 0 Å². The summed E-state index contributed by atoms with van der Waals surface area (Å²) < 4.78 is 5.18. The summed E-state index contributed by atoms with van der Waals surface area (Å²) in [6.07, 6.45) is 1.65. The molecule has 1 heterocycles. The Bertz CT molecular complexity index is 557. The van der Waals surface area contributed by atoms with Crippen LogP contribution in [0.15, 0.2) is 30.5 Å². The van der Waals surface area contributed by atoms with E-state index >= 15 is 0 Å². The van der Waals surface area contributed by atoms with Crippen molar-refractivity contribution < 1.29 is 4.74 Å². The van der Waals surface area contributed by atoms with Crippen LogP contribution < -0.4 is 4.74 Å². The molecule has 0 N–H and O–H groups in total. The molecule has 0 spiro atoms. The highest BCUT2D eigenvalue weighted by Gasteiger charge is 2.14. The van der Waals surface area contributed by atoms with Crippen LogP contribution in [-0.4, -0.2) is 12.1 Å². The fourth-order valence-corrected chi connectivity index (χ4v) is 2.13. The maximum atomic E-state index is 6.16. The predicted octanol–water partition coefficient (Wildman–Crippen LogP) is 4.72. The van der Waals surface area contributed by atoms with Gasteiger partial charge in [-0.2, -0.15) is 0 Å². The molecule has 88 valence electrons. The number of methoxy groups -OCH3 is 1. The molecular weight excluding hydrogens is 280 g/mol. The highest BCUT2D eigenvalue weighted by molar-refractivity contribution is 6.49. The van der Waals surface area contributed by atoms with Crippen LogP contribution in [0, 0.1) is 0 Å². The number of halogens is 3. The quantitative estimate of drug-likeness (QED) is 0.746. The van der Waals surface area contributed by atoms with Crippen LogP contribution in [0.5, 0.6) is 5.88 Å². The Balaban J connectivity index is 2.65. The molecule has 0 saturated carbocycles. The van der Waals surface area contributed by atoms with E-state index in [1.807, 2.05) is 6.07 Å². The summed E-state index contributed by atoms with van der Waals surface area (Å²) in [5.41, 5.74) is 1.52. The first kappa shape index (κ1) is 12.5. The Hall–Kier alpha value is -0.960. The number of hydrogen-bond acceptors (Lipinski definition) is 2. The Kier molecular flexibility index (Phi) is 3.77. The van der Waals surface area contributed by atoms with E-state index in [1.165, 1.54) is 0 Å². The standard InChI is InChI=1S/C12H8Cl3NO/c1-17-12-8(3-2-6-16-12)7-4-5-9(13)11(15)10(7)14/h2-6H,1H3. The van der Waals surface area contributed by atoms with E-state index in [-0.39, 0.29) is 0 Å². The lowest BCUT2D eigenvalue weighted by atomic mass is 10.1. The van der Waals surface area contributed by atoms with E-state index < -0.39 is 0 Å². The normalized spacial score (nSPS) is 10.4.